The number of imidazole rings is 2. The summed E-state index contributed by atoms with van der Waals surface area (Å²) < 4.78 is 3.86. The van der Waals surface area contributed by atoms with Crippen molar-refractivity contribution in [3.63, 3.8) is 0 Å². The van der Waals surface area contributed by atoms with E-state index in [1.165, 1.54) is 0 Å². The molecule has 2 heterocycles. The van der Waals surface area contributed by atoms with E-state index in [1.807, 2.05) is 52.8 Å². The second kappa shape index (κ2) is 6.77. The summed E-state index contributed by atoms with van der Waals surface area (Å²) in [7, 11) is 1.97. The van der Waals surface area contributed by atoms with Gasteiger partial charge in [0.1, 0.15) is 5.50 Å². The fourth-order valence-corrected chi connectivity index (χ4v) is 3.75. The minimum absolute atomic E-state index is 0.0192. The molecule has 0 radical (unpaired) electrons. The smallest absolute Gasteiger partial charge is 0.168 e. The Morgan fingerprint density at radius 2 is 1.91 bits per heavy atom. The lowest BCUT2D eigenvalue weighted by Gasteiger charge is -2.23. The number of thioether (sulfide) groups is 1. The van der Waals surface area contributed by atoms with Gasteiger partial charge in [-0.25, -0.2) is 9.97 Å². The maximum Gasteiger partial charge on any atom is 0.168 e. The first kappa shape index (κ1) is 15.5. The van der Waals surface area contributed by atoms with Crippen molar-refractivity contribution in [1.82, 2.24) is 19.1 Å². The summed E-state index contributed by atoms with van der Waals surface area (Å²) in [6.07, 6.45) is 9.00. The lowest BCUT2D eigenvalue weighted by Crippen LogP contribution is -2.10. The molecule has 2 atom stereocenters. The van der Waals surface area contributed by atoms with Gasteiger partial charge in [0.05, 0.1) is 11.6 Å². The fraction of sp³-hybridized carbons (Fsp3) is 0.200. The Morgan fingerprint density at radius 3 is 2.50 bits per heavy atom. The van der Waals surface area contributed by atoms with Gasteiger partial charge >= 0.3 is 0 Å². The first-order valence-electron chi connectivity index (χ1n) is 6.66. The van der Waals surface area contributed by atoms with Gasteiger partial charge in [0.2, 0.25) is 0 Å². The molecule has 22 heavy (non-hydrogen) atoms. The van der Waals surface area contributed by atoms with E-state index >= 15 is 0 Å². The van der Waals surface area contributed by atoms with E-state index in [0.717, 1.165) is 10.7 Å². The fourth-order valence-electron chi connectivity index (χ4n) is 2.09. The van der Waals surface area contributed by atoms with Gasteiger partial charge in [-0.3, -0.25) is 0 Å². The first-order valence-corrected chi connectivity index (χ1v) is 8.35. The van der Waals surface area contributed by atoms with Crippen LogP contribution in [0.3, 0.4) is 0 Å². The number of aryl methyl sites for hydroxylation is 1. The average Bonchev–Trinajstić information content (AvgIpc) is 3.17. The molecule has 7 heteroatoms. The van der Waals surface area contributed by atoms with E-state index in [4.69, 9.17) is 23.2 Å². The summed E-state index contributed by atoms with van der Waals surface area (Å²) >= 11 is 14.3. The van der Waals surface area contributed by atoms with E-state index in [-0.39, 0.29) is 10.8 Å². The molecule has 114 valence electrons. The van der Waals surface area contributed by atoms with Crippen LogP contribution in [-0.2, 0) is 7.05 Å². The van der Waals surface area contributed by atoms with Gasteiger partial charge in [-0.2, -0.15) is 0 Å². The normalized spacial score (nSPS) is 14.0. The highest BCUT2D eigenvalue weighted by Crippen LogP contribution is 2.44. The van der Waals surface area contributed by atoms with Crippen molar-refractivity contribution in [1.29, 1.82) is 0 Å². The van der Waals surface area contributed by atoms with Crippen molar-refractivity contribution in [2.24, 2.45) is 7.05 Å². The number of benzene rings is 1. The molecule has 2 unspecified atom stereocenters. The number of halogens is 2. The molecule has 4 nitrogen and oxygen atoms in total. The Morgan fingerprint density at radius 1 is 1.14 bits per heavy atom. The molecule has 3 aromatic rings. The van der Waals surface area contributed by atoms with Crippen LogP contribution in [0.2, 0.25) is 5.02 Å². The van der Waals surface area contributed by atoms with Crippen molar-refractivity contribution in [3.8, 4) is 0 Å². The van der Waals surface area contributed by atoms with Crippen LogP contribution in [0.5, 0.6) is 0 Å². The van der Waals surface area contributed by atoms with E-state index in [2.05, 4.69) is 9.97 Å². The van der Waals surface area contributed by atoms with Crippen LogP contribution >= 0.6 is 35.0 Å². The number of hydrogen-bond acceptors (Lipinski definition) is 3. The zero-order chi connectivity index (χ0) is 15.5. The Hall–Kier alpha value is -1.43. The van der Waals surface area contributed by atoms with Crippen molar-refractivity contribution in [3.05, 3.63) is 66.0 Å². The van der Waals surface area contributed by atoms with Gasteiger partial charge in [0, 0.05) is 36.9 Å². The quantitative estimate of drug-likeness (QED) is 0.499. The molecule has 0 saturated carbocycles. The zero-order valence-electron chi connectivity index (χ0n) is 11.8. The van der Waals surface area contributed by atoms with Crippen LogP contribution < -0.4 is 0 Å². The summed E-state index contributed by atoms with van der Waals surface area (Å²) in [4.78, 5) is 8.45. The third-order valence-electron chi connectivity index (χ3n) is 3.27. The van der Waals surface area contributed by atoms with Crippen LogP contribution in [0.1, 0.15) is 16.3 Å². The Bertz CT molecular complexity index is 724. The number of alkyl halides is 1. The standard InChI is InChI=1S/C15H14Cl2N4S/c1-20-8-7-19-15(20)22-13(11-2-4-12(16)5-3-11)14(17)21-9-6-18-10-21/h2-10,13-14H,1H3. The van der Waals surface area contributed by atoms with Crippen molar-refractivity contribution in [2.75, 3.05) is 0 Å². The predicted molar refractivity (Wildman–Crippen MR) is 90.4 cm³/mol. The molecule has 0 aliphatic carbocycles. The van der Waals surface area contributed by atoms with Crippen molar-refractivity contribution in [2.45, 2.75) is 15.9 Å². The van der Waals surface area contributed by atoms with Crippen LogP contribution in [0, 0.1) is 0 Å². The van der Waals surface area contributed by atoms with E-state index in [0.29, 0.717) is 5.02 Å². The van der Waals surface area contributed by atoms with Crippen LogP contribution in [0.15, 0.2) is 60.5 Å². The number of rotatable bonds is 5. The number of aromatic nitrogens is 4. The molecule has 0 saturated heterocycles. The second-order valence-corrected chi connectivity index (χ2v) is 6.79. The van der Waals surface area contributed by atoms with E-state index < -0.39 is 0 Å². The monoisotopic (exact) mass is 352 g/mol. The van der Waals surface area contributed by atoms with Gasteiger partial charge in [-0.15, -0.1) is 0 Å². The third-order valence-corrected chi connectivity index (χ3v) is 5.53. The second-order valence-electron chi connectivity index (χ2n) is 4.79. The lowest BCUT2D eigenvalue weighted by molar-refractivity contribution is 0.647. The van der Waals surface area contributed by atoms with Gasteiger partial charge < -0.3 is 9.13 Å². The maximum atomic E-state index is 6.69. The van der Waals surface area contributed by atoms with Crippen molar-refractivity contribution < 1.29 is 0 Å². The van der Waals surface area contributed by atoms with Crippen LogP contribution in [0.4, 0.5) is 0 Å². The largest absolute Gasteiger partial charge is 0.329 e. The highest BCUT2D eigenvalue weighted by atomic mass is 35.5. The third kappa shape index (κ3) is 3.32. The molecule has 0 amide bonds. The summed E-state index contributed by atoms with van der Waals surface area (Å²) in [6.45, 7) is 0. The molecule has 0 aliphatic rings. The SMILES string of the molecule is Cn1ccnc1SC(c1ccc(Cl)cc1)C(Cl)n1ccnc1. The molecular weight excluding hydrogens is 339 g/mol. The Kier molecular flexibility index (Phi) is 4.76. The molecular formula is C15H14Cl2N4S. The topological polar surface area (TPSA) is 35.6 Å². The Labute approximate surface area is 143 Å². The molecule has 3 rings (SSSR count). The molecule has 0 bridgehead atoms. The summed E-state index contributed by atoms with van der Waals surface area (Å²) in [5.41, 5.74) is 0.802. The zero-order valence-corrected chi connectivity index (χ0v) is 14.1. The molecule has 0 N–H and O–H groups in total. The van der Waals surface area contributed by atoms with E-state index in [1.54, 1.807) is 30.5 Å². The van der Waals surface area contributed by atoms with Gasteiger partial charge in [-0.05, 0) is 17.7 Å². The van der Waals surface area contributed by atoms with Gasteiger partial charge in [0.15, 0.2) is 5.16 Å². The highest BCUT2D eigenvalue weighted by Gasteiger charge is 2.25. The highest BCUT2D eigenvalue weighted by molar-refractivity contribution is 7.99. The average molecular weight is 353 g/mol. The van der Waals surface area contributed by atoms with Crippen LogP contribution in [0.25, 0.3) is 0 Å². The summed E-state index contributed by atoms with van der Waals surface area (Å²) in [6, 6.07) is 7.74. The Balaban J connectivity index is 1.94. The number of hydrogen-bond donors (Lipinski definition) is 0. The molecule has 0 spiro atoms. The van der Waals surface area contributed by atoms with E-state index in [9.17, 15) is 0 Å². The molecule has 2 aromatic heterocycles. The minimum Gasteiger partial charge on any atom is -0.329 e. The lowest BCUT2D eigenvalue weighted by atomic mass is 10.1. The summed E-state index contributed by atoms with van der Waals surface area (Å²) in [5.74, 6) is 0. The van der Waals surface area contributed by atoms with Crippen LogP contribution in [-0.4, -0.2) is 19.1 Å². The predicted octanol–water partition coefficient (Wildman–Crippen LogP) is 4.54. The van der Waals surface area contributed by atoms with Crippen molar-refractivity contribution >= 4 is 35.0 Å². The van der Waals surface area contributed by atoms with Gasteiger partial charge in [0.25, 0.3) is 0 Å². The summed E-state index contributed by atoms with van der Waals surface area (Å²) in [5, 5.41) is 1.60. The minimum atomic E-state index is -0.287. The maximum absolute atomic E-state index is 6.69. The molecule has 0 fully saturated rings. The first-order chi connectivity index (χ1) is 10.6. The molecule has 1 aromatic carbocycles. The number of nitrogens with zero attached hydrogens (tertiary/aromatic N) is 4. The molecule has 0 aliphatic heterocycles. The van der Waals surface area contributed by atoms with Gasteiger partial charge in [-0.1, -0.05) is 47.1 Å².